The zero-order valence-electron chi connectivity index (χ0n) is 15.6. The summed E-state index contributed by atoms with van der Waals surface area (Å²) in [6, 6.07) is 5.96. The Kier molecular flexibility index (Phi) is 5.77. The summed E-state index contributed by atoms with van der Waals surface area (Å²) in [4.78, 5) is 26.0. The summed E-state index contributed by atoms with van der Waals surface area (Å²) >= 11 is 1.62. The molecular weight excluding hydrogens is 346 g/mol. The number of nitrogens with one attached hydrogen (secondary N) is 1. The Morgan fingerprint density at radius 2 is 2.00 bits per heavy atom. The average molecular weight is 372 g/mol. The van der Waals surface area contributed by atoms with E-state index in [1.54, 1.807) is 11.3 Å². The van der Waals surface area contributed by atoms with E-state index < -0.39 is 5.97 Å². The first-order valence-corrected chi connectivity index (χ1v) is 10.0. The third-order valence-electron chi connectivity index (χ3n) is 4.81. The van der Waals surface area contributed by atoms with Crippen LogP contribution in [-0.4, -0.2) is 18.5 Å². The number of anilines is 1. The minimum Gasteiger partial charge on any atom is -0.452 e. The van der Waals surface area contributed by atoms with Crippen LogP contribution in [0.15, 0.2) is 23.6 Å². The third kappa shape index (κ3) is 3.98. The van der Waals surface area contributed by atoms with Gasteiger partial charge in [0.2, 0.25) is 0 Å². The van der Waals surface area contributed by atoms with Gasteiger partial charge < -0.3 is 10.1 Å². The number of para-hydroxylation sites is 1. The van der Waals surface area contributed by atoms with Gasteiger partial charge in [0.15, 0.2) is 6.61 Å². The maximum atomic E-state index is 12.4. The first kappa shape index (κ1) is 18.6. The molecule has 26 heavy (non-hydrogen) atoms. The van der Waals surface area contributed by atoms with Gasteiger partial charge in [-0.1, -0.05) is 32.0 Å². The van der Waals surface area contributed by atoms with Crippen molar-refractivity contribution in [1.82, 2.24) is 0 Å². The molecule has 1 aliphatic carbocycles. The normalized spacial score (nSPS) is 13.4. The SMILES string of the molecule is Cc1cccc(C(C)C)c1NC(=O)COC(=O)c1csc2c1CCCC2. The Hall–Kier alpha value is -2.14. The van der Waals surface area contributed by atoms with Gasteiger partial charge in [0, 0.05) is 15.9 Å². The van der Waals surface area contributed by atoms with E-state index in [2.05, 4.69) is 19.2 Å². The maximum Gasteiger partial charge on any atom is 0.339 e. The van der Waals surface area contributed by atoms with Crippen molar-refractivity contribution in [3.05, 3.63) is 50.7 Å². The topological polar surface area (TPSA) is 55.4 Å². The number of rotatable bonds is 5. The summed E-state index contributed by atoms with van der Waals surface area (Å²) in [7, 11) is 0. The van der Waals surface area contributed by atoms with E-state index in [9.17, 15) is 9.59 Å². The van der Waals surface area contributed by atoms with E-state index in [-0.39, 0.29) is 12.5 Å². The lowest BCUT2D eigenvalue weighted by Crippen LogP contribution is -2.22. The highest BCUT2D eigenvalue weighted by molar-refractivity contribution is 7.10. The molecule has 1 N–H and O–H groups in total. The van der Waals surface area contributed by atoms with E-state index in [4.69, 9.17) is 4.74 Å². The number of thiophene rings is 1. The van der Waals surface area contributed by atoms with E-state index in [1.807, 2.05) is 30.5 Å². The van der Waals surface area contributed by atoms with Crippen molar-refractivity contribution in [2.24, 2.45) is 0 Å². The highest BCUT2D eigenvalue weighted by Crippen LogP contribution is 2.31. The molecule has 0 atom stereocenters. The fraction of sp³-hybridized carbons (Fsp3) is 0.429. The van der Waals surface area contributed by atoms with E-state index in [1.165, 1.54) is 11.3 Å². The van der Waals surface area contributed by atoms with Crippen LogP contribution in [0.1, 0.15) is 64.5 Å². The standard InChI is InChI=1S/C21H25NO3S/c1-13(2)15-9-6-7-14(3)20(15)22-19(23)11-25-21(24)17-12-26-18-10-5-4-8-16(17)18/h6-7,9,12-13H,4-5,8,10-11H2,1-3H3,(H,22,23). The van der Waals surface area contributed by atoms with E-state index in [0.29, 0.717) is 11.5 Å². The Balaban J connectivity index is 1.63. The first-order chi connectivity index (χ1) is 12.5. The number of carbonyl (C=O) groups excluding carboxylic acids is 2. The quantitative estimate of drug-likeness (QED) is 0.764. The van der Waals surface area contributed by atoms with Crippen LogP contribution in [-0.2, 0) is 22.4 Å². The number of hydrogen-bond acceptors (Lipinski definition) is 4. The molecule has 0 spiro atoms. The molecule has 1 aromatic carbocycles. The molecular formula is C21H25NO3S. The van der Waals surface area contributed by atoms with E-state index >= 15 is 0 Å². The van der Waals surface area contributed by atoms with Crippen molar-refractivity contribution in [3.63, 3.8) is 0 Å². The Labute approximate surface area is 158 Å². The smallest absolute Gasteiger partial charge is 0.339 e. The molecule has 1 amide bonds. The number of amides is 1. The van der Waals surface area contributed by atoms with Gasteiger partial charge in [0.25, 0.3) is 5.91 Å². The second kappa shape index (κ2) is 8.04. The van der Waals surface area contributed by atoms with Gasteiger partial charge in [0.1, 0.15) is 0 Å². The first-order valence-electron chi connectivity index (χ1n) is 9.13. The minimum atomic E-state index is -0.395. The summed E-state index contributed by atoms with van der Waals surface area (Å²) in [5.74, 6) is -0.405. The molecule has 5 heteroatoms. The summed E-state index contributed by atoms with van der Waals surface area (Å²) in [6.07, 6.45) is 4.25. The van der Waals surface area contributed by atoms with Crippen LogP contribution in [0.2, 0.25) is 0 Å². The maximum absolute atomic E-state index is 12.4. The van der Waals surface area contributed by atoms with Crippen molar-refractivity contribution in [2.75, 3.05) is 11.9 Å². The molecule has 0 radical (unpaired) electrons. The molecule has 0 saturated carbocycles. The highest BCUT2D eigenvalue weighted by Gasteiger charge is 2.22. The van der Waals surface area contributed by atoms with Crippen molar-refractivity contribution in [3.8, 4) is 0 Å². The minimum absolute atomic E-state index is 0.269. The van der Waals surface area contributed by atoms with Gasteiger partial charge in [0.05, 0.1) is 5.56 Å². The molecule has 1 aromatic heterocycles. The number of fused-ring (bicyclic) bond motifs is 1. The van der Waals surface area contributed by atoms with Gasteiger partial charge in [-0.2, -0.15) is 0 Å². The van der Waals surface area contributed by atoms with Crippen molar-refractivity contribution in [1.29, 1.82) is 0 Å². The molecule has 1 heterocycles. The van der Waals surface area contributed by atoms with Gasteiger partial charge in [-0.25, -0.2) is 4.79 Å². The monoisotopic (exact) mass is 371 g/mol. The van der Waals surface area contributed by atoms with Crippen molar-refractivity contribution >= 4 is 28.9 Å². The molecule has 138 valence electrons. The number of carbonyl (C=O) groups is 2. The lowest BCUT2D eigenvalue weighted by Gasteiger charge is -2.16. The number of ether oxygens (including phenoxy) is 1. The second-order valence-corrected chi connectivity index (χ2v) is 8.04. The molecule has 2 aromatic rings. The van der Waals surface area contributed by atoms with Gasteiger partial charge in [-0.3, -0.25) is 4.79 Å². The molecule has 0 aliphatic heterocycles. The van der Waals surface area contributed by atoms with Gasteiger partial charge in [-0.15, -0.1) is 11.3 Å². The third-order valence-corrected chi connectivity index (χ3v) is 5.90. The van der Waals surface area contributed by atoms with Crippen LogP contribution < -0.4 is 5.32 Å². The summed E-state index contributed by atoms with van der Waals surface area (Å²) in [6.45, 7) is 5.87. The molecule has 1 aliphatic rings. The van der Waals surface area contributed by atoms with E-state index in [0.717, 1.165) is 41.6 Å². The van der Waals surface area contributed by atoms with Crippen molar-refractivity contribution in [2.45, 2.75) is 52.4 Å². The zero-order chi connectivity index (χ0) is 18.7. The fourth-order valence-electron chi connectivity index (χ4n) is 3.39. The predicted molar refractivity (Wildman–Crippen MR) is 105 cm³/mol. The number of benzene rings is 1. The molecule has 0 bridgehead atoms. The number of aryl methyl sites for hydroxylation is 2. The zero-order valence-corrected chi connectivity index (χ0v) is 16.4. The molecule has 0 saturated heterocycles. The van der Waals surface area contributed by atoms with Crippen LogP contribution in [0.4, 0.5) is 5.69 Å². The predicted octanol–water partition coefficient (Wildman–Crippen LogP) is 4.85. The highest BCUT2D eigenvalue weighted by atomic mass is 32.1. The Morgan fingerprint density at radius 3 is 2.77 bits per heavy atom. The summed E-state index contributed by atoms with van der Waals surface area (Å²) in [5, 5.41) is 4.78. The number of hydrogen-bond donors (Lipinski definition) is 1. The molecule has 0 unspecified atom stereocenters. The van der Waals surface area contributed by atoms with Crippen molar-refractivity contribution < 1.29 is 14.3 Å². The largest absolute Gasteiger partial charge is 0.452 e. The van der Waals surface area contributed by atoms with Crippen LogP contribution in [0.3, 0.4) is 0 Å². The second-order valence-electron chi connectivity index (χ2n) is 7.08. The van der Waals surface area contributed by atoms with Crippen LogP contribution >= 0.6 is 11.3 Å². The fourth-order valence-corrected chi connectivity index (χ4v) is 4.51. The summed E-state index contributed by atoms with van der Waals surface area (Å²) < 4.78 is 5.28. The molecule has 4 nitrogen and oxygen atoms in total. The average Bonchev–Trinajstić information content (AvgIpc) is 3.05. The summed E-state index contributed by atoms with van der Waals surface area (Å²) in [5.41, 5.74) is 4.65. The van der Waals surface area contributed by atoms with Crippen LogP contribution in [0.5, 0.6) is 0 Å². The molecule has 0 fully saturated rings. The lowest BCUT2D eigenvalue weighted by atomic mass is 9.96. The Morgan fingerprint density at radius 1 is 1.23 bits per heavy atom. The number of esters is 1. The Bertz CT molecular complexity index is 823. The van der Waals surface area contributed by atoms with Crippen LogP contribution in [0.25, 0.3) is 0 Å². The molecule has 3 rings (SSSR count). The van der Waals surface area contributed by atoms with Crippen LogP contribution in [0, 0.1) is 6.92 Å². The lowest BCUT2D eigenvalue weighted by molar-refractivity contribution is -0.119. The van der Waals surface area contributed by atoms with Gasteiger partial charge >= 0.3 is 5.97 Å². The van der Waals surface area contributed by atoms with Gasteiger partial charge in [-0.05, 0) is 55.2 Å².